The zero-order chi connectivity index (χ0) is 18.8. The lowest BCUT2D eigenvalue weighted by Crippen LogP contribution is -2.39. The molecule has 4 rings (SSSR count). The number of aryl methyl sites for hydroxylation is 1. The van der Waals surface area contributed by atoms with E-state index in [0.29, 0.717) is 18.7 Å². The molecule has 0 unspecified atom stereocenters. The number of nitrogens with one attached hydrogen (secondary N) is 1. The van der Waals surface area contributed by atoms with Gasteiger partial charge >= 0.3 is 0 Å². The molecule has 7 heteroatoms. The van der Waals surface area contributed by atoms with Gasteiger partial charge in [-0.15, -0.1) is 0 Å². The van der Waals surface area contributed by atoms with Crippen LogP contribution in [-0.2, 0) is 0 Å². The summed E-state index contributed by atoms with van der Waals surface area (Å²) in [4.78, 5) is 23.7. The monoisotopic (exact) mass is 365 g/mol. The molecule has 1 fully saturated rings. The topological polar surface area (TPSA) is 74.8 Å². The molecule has 1 atom stereocenters. The van der Waals surface area contributed by atoms with Crippen LogP contribution in [0.4, 0.5) is 4.39 Å². The quantitative estimate of drug-likeness (QED) is 0.772. The number of aromatic nitrogens is 4. The Morgan fingerprint density at radius 3 is 2.74 bits per heavy atom. The Kier molecular flexibility index (Phi) is 4.66. The van der Waals surface area contributed by atoms with E-state index in [2.05, 4.69) is 20.2 Å². The van der Waals surface area contributed by atoms with Crippen molar-refractivity contribution < 1.29 is 9.18 Å². The van der Waals surface area contributed by atoms with Crippen LogP contribution < -0.4 is 0 Å². The first-order chi connectivity index (χ1) is 13.1. The van der Waals surface area contributed by atoms with E-state index in [-0.39, 0.29) is 17.6 Å². The summed E-state index contributed by atoms with van der Waals surface area (Å²) in [5.41, 5.74) is 3.80. The van der Waals surface area contributed by atoms with Gasteiger partial charge in [0.25, 0.3) is 5.91 Å². The molecule has 0 aliphatic carbocycles. The number of carbonyl (C=O) groups excluding carboxylic acids is 1. The molecule has 1 saturated heterocycles. The van der Waals surface area contributed by atoms with Gasteiger partial charge in [-0.2, -0.15) is 5.10 Å². The number of rotatable bonds is 3. The highest BCUT2D eigenvalue weighted by molar-refractivity contribution is 5.95. The number of amides is 1. The van der Waals surface area contributed by atoms with Gasteiger partial charge in [0, 0.05) is 42.7 Å². The number of aromatic amines is 1. The molecule has 1 N–H and O–H groups in total. The number of likely N-dealkylation sites (tertiary alicyclic amines) is 1. The van der Waals surface area contributed by atoms with Gasteiger partial charge in [-0.25, -0.2) is 4.39 Å². The van der Waals surface area contributed by atoms with Crippen molar-refractivity contribution in [2.24, 2.45) is 0 Å². The van der Waals surface area contributed by atoms with E-state index in [1.165, 1.54) is 12.1 Å². The molecule has 3 aromatic rings. The number of H-pyrrole nitrogens is 1. The summed E-state index contributed by atoms with van der Waals surface area (Å²) < 4.78 is 13.3. The lowest BCUT2D eigenvalue weighted by Gasteiger charge is -2.33. The van der Waals surface area contributed by atoms with Gasteiger partial charge in [0.05, 0.1) is 23.1 Å². The lowest BCUT2D eigenvalue weighted by molar-refractivity contribution is 0.0705. The predicted molar refractivity (Wildman–Crippen MR) is 98.6 cm³/mol. The largest absolute Gasteiger partial charge is 0.338 e. The number of halogens is 1. The molecule has 27 heavy (non-hydrogen) atoms. The van der Waals surface area contributed by atoms with Crippen LogP contribution in [0.2, 0.25) is 0 Å². The molecule has 1 aliphatic rings. The molecule has 138 valence electrons. The van der Waals surface area contributed by atoms with Crippen molar-refractivity contribution in [3.8, 4) is 11.3 Å². The molecule has 0 saturated carbocycles. The van der Waals surface area contributed by atoms with Gasteiger partial charge in [-0.3, -0.25) is 19.9 Å². The van der Waals surface area contributed by atoms with Crippen molar-refractivity contribution in [3.63, 3.8) is 0 Å². The van der Waals surface area contributed by atoms with Crippen LogP contribution in [-0.4, -0.2) is 44.1 Å². The predicted octanol–water partition coefficient (Wildman–Crippen LogP) is 3.33. The maximum atomic E-state index is 13.3. The van der Waals surface area contributed by atoms with Crippen molar-refractivity contribution in [2.75, 3.05) is 13.1 Å². The summed E-state index contributed by atoms with van der Waals surface area (Å²) in [5.74, 6) is -0.212. The maximum Gasteiger partial charge on any atom is 0.257 e. The number of benzene rings is 1. The molecule has 2 aromatic heterocycles. The summed E-state index contributed by atoms with van der Waals surface area (Å²) in [6.45, 7) is 3.14. The molecular weight excluding hydrogens is 345 g/mol. The van der Waals surface area contributed by atoms with E-state index in [0.717, 1.165) is 35.5 Å². The molecule has 0 bridgehead atoms. The van der Waals surface area contributed by atoms with Crippen LogP contribution in [0.1, 0.15) is 40.5 Å². The van der Waals surface area contributed by atoms with Crippen LogP contribution in [0.25, 0.3) is 11.3 Å². The minimum atomic E-state index is -0.283. The van der Waals surface area contributed by atoms with Gasteiger partial charge in [-0.05, 0) is 44.0 Å². The van der Waals surface area contributed by atoms with Crippen molar-refractivity contribution in [2.45, 2.75) is 25.7 Å². The standard InChI is InChI=1S/C20H20FN5O/c1-13-17(11-24-25-13)20(27)26-10-2-3-15(12-26)19-18(22-8-9-23-19)14-4-6-16(21)7-5-14/h4-9,11,15H,2-3,10,12H2,1H3,(H,24,25)/t15-/m0/s1. The Balaban J connectivity index is 1.61. The fraction of sp³-hybridized carbons (Fsp3) is 0.300. The number of hydrogen-bond donors (Lipinski definition) is 1. The molecule has 0 spiro atoms. The minimum Gasteiger partial charge on any atom is -0.338 e. The third-order valence-electron chi connectivity index (χ3n) is 5.00. The van der Waals surface area contributed by atoms with Gasteiger partial charge in [-0.1, -0.05) is 0 Å². The van der Waals surface area contributed by atoms with E-state index in [1.54, 1.807) is 30.7 Å². The SMILES string of the molecule is Cc1[nH]ncc1C(=O)N1CCC[C@H](c2nccnc2-c2ccc(F)cc2)C1. The molecule has 0 radical (unpaired) electrons. The minimum absolute atomic E-state index is 0.0156. The second kappa shape index (κ2) is 7.26. The smallest absolute Gasteiger partial charge is 0.257 e. The average molecular weight is 365 g/mol. The zero-order valence-corrected chi connectivity index (χ0v) is 15.0. The Labute approximate surface area is 156 Å². The normalized spacial score (nSPS) is 17.1. The highest BCUT2D eigenvalue weighted by atomic mass is 19.1. The number of piperidine rings is 1. The first kappa shape index (κ1) is 17.3. The number of carbonyl (C=O) groups is 1. The highest BCUT2D eigenvalue weighted by Crippen LogP contribution is 2.32. The Morgan fingerprint density at radius 2 is 2.00 bits per heavy atom. The first-order valence-corrected chi connectivity index (χ1v) is 8.99. The van der Waals surface area contributed by atoms with E-state index >= 15 is 0 Å². The molecule has 1 aliphatic heterocycles. The highest BCUT2D eigenvalue weighted by Gasteiger charge is 2.29. The number of nitrogens with zero attached hydrogens (tertiary/aromatic N) is 4. The van der Waals surface area contributed by atoms with E-state index in [4.69, 9.17) is 0 Å². The fourth-order valence-corrected chi connectivity index (χ4v) is 3.60. The van der Waals surface area contributed by atoms with Crippen molar-refractivity contribution >= 4 is 5.91 Å². The zero-order valence-electron chi connectivity index (χ0n) is 15.0. The fourth-order valence-electron chi connectivity index (χ4n) is 3.60. The van der Waals surface area contributed by atoms with Crippen LogP contribution in [0.5, 0.6) is 0 Å². The molecule has 1 aromatic carbocycles. The second-order valence-corrected chi connectivity index (χ2v) is 6.80. The van der Waals surface area contributed by atoms with Crippen molar-refractivity contribution in [1.82, 2.24) is 25.1 Å². The van der Waals surface area contributed by atoms with Crippen LogP contribution in [0.3, 0.4) is 0 Å². The third kappa shape index (κ3) is 3.45. The molecule has 1 amide bonds. The van der Waals surface area contributed by atoms with Crippen LogP contribution in [0, 0.1) is 12.7 Å². The first-order valence-electron chi connectivity index (χ1n) is 8.99. The van der Waals surface area contributed by atoms with Gasteiger partial charge < -0.3 is 4.90 Å². The lowest BCUT2D eigenvalue weighted by atomic mass is 9.91. The van der Waals surface area contributed by atoms with Crippen molar-refractivity contribution in [3.05, 3.63) is 65.6 Å². The van der Waals surface area contributed by atoms with Gasteiger partial charge in [0.1, 0.15) is 5.82 Å². The summed E-state index contributed by atoms with van der Waals surface area (Å²) >= 11 is 0. The van der Waals surface area contributed by atoms with Gasteiger partial charge in [0.15, 0.2) is 0 Å². The van der Waals surface area contributed by atoms with E-state index in [9.17, 15) is 9.18 Å². The van der Waals surface area contributed by atoms with Crippen LogP contribution in [0.15, 0.2) is 42.9 Å². The molecular formula is C20H20FN5O. The summed E-state index contributed by atoms with van der Waals surface area (Å²) in [6, 6.07) is 6.27. The van der Waals surface area contributed by atoms with Gasteiger partial charge in [0.2, 0.25) is 0 Å². The van der Waals surface area contributed by atoms with Crippen molar-refractivity contribution in [1.29, 1.82) is 0 Å². The summed E-state index contributed by atoms with van der Waals surface area (Å²) in [6.07, 6.45) is 6.72. The Morgan fingerprint density at radius 1 is 1.22 bits per heavy atom. The summed E-state index contributed by atoms with van der Waals surface area (Å²) in [7, 11) is 0. The Bertz CT molecular complexity index is 953. The maximum absolute atomic E-state index is 13.3. The molecule has 6 nitrogen and oxygen atoms in total. The Hall–Kier alpha value is -3.09. The number of hydrogen-bond acceptors (Lipinski definition) is 4. The summed E-state index contributed by atoms with van der Waals surface area (Å²) in [5, 5.41) is 6.77. The van der Waals surface area contributed by atoms with Crippen LogP contribution >= 0.6 is 0 Å². The average Bonchev–Trinajstić information content (AvgIpc) is 3.14. The van der Waals surface area contributed by atoms with E-state index < -0.39 is 0 Å². The third-order valence-corrected chi connectivity index (χ3v) is 5.00. The molecule has 3 heterocycles. The second-order valence-electron chi connectivity index (χ2n) is 6.80. The van der Waals surface area contributed by atoms with E-state index in [1.807, 2.05) is 11.8 Å².